The molecule has 2 heterocycles. The Balaban J connectivity index is 2.32. The maximum Gasteiger partial charge on any atom is 0.261 e. The highest BCUT2D eigenvalue weighted by Crippen LogP contribution is 2.28. The van der Waals surface area contributed by atoms with E-state index in [9.17, 15) is 8.42 Å². The van der Waals surface area contributed by atoms with Gasteiger partial charge in [0.05, 0.1) is 11.2 Å². The van der Waals surface area contributed by atoms with Crippen molar-refractivity contribution in [2.45, 2.75) is 11.4 Å². The largest absolute Gasteiger partial charge is 0.261 e. The molecule has 1 saturated heterocycles. The van der Waals surface area contributed by atoms with Crippen molar-refractivity contribution in [3.05, 3.63) is 11.2 Å². The summed E-state index contributed by atoms with van der Waals surface area (Å²) in [7, 11) is -1.94. The van der Waals surface area contributed by atoms with Crippen LogP contribution in [0.1, 0.15) is 6.42 Å². The fourth-order valence-electron chi connectivity index (χ4n) is 1.95. The molecule has 1 unspecified atom stereocenters. The molecule has 2 rings (SSSR count). The van der Waals surface area contributed by atoms with Crippen LogP contribution in [0.4, 0.5) is 0 Å². The Bertz CT molecular complexity index is 497. The SMILES string of the molecule is Cn1ncc(Cl)c1S(=O)(=O)N1CCC(CBr)C1. The summed E-state index contributed by atoms with van der Waals surface area (Å²) < 4.78 is 27.5. The van der Waals surface area contributed by atoms with Crippen LogP contribution in [0, 0.1) is 5.92 Å². The van der Waals surface area contributed by atoms with Gasteiger partial charge >= 0.3 is 0 Å². The number of alkyl halides is 1. The smallest absolute Gasteiger partial charge is 0.255 e. The molecule has 17 heavy (non-hydrogen) atoms. The first-order valence-electron chi connectivity index (χ1n) is 5.20. The lowest BCUT2D eigenvalue weighted by Crippen LogP contribution is -2.30. The molecule has 1 aromatic rings. The van der Waals surface area contributed by atoms with Gasteiger partial charge in [0.1, 0.15) is 0 Å². The molecule has 0 saturated carbocycles. The van der Waals surface area contributed by atoms with Gasteiger partial charge in [-0.2, -0.15) is 9.40 Å². The van der Waals surface area contributed by atoms with Crippen molar-refractivity contribution in [1.82, 2.24) is 14.1 Å². The summed E-state index contributed by atoms with van der Waals surface area (Å²) in [6.07, 6.45) is 2.23. The quantitative estimate of drug-likeness (QED) is 0.782. The van der Waals surface area contributed by atoms with E-state index in [1.807, 2.05) is 0 Å². The summed E-state index contributed by atoms with van der Waals surface area (Å²) in [6.45, 7) is 1.08. The number of rotatable bonds is 3. The van der Waals surface area contributed by atoms with Crippen LogP contribution in [0.2, 0.25) is 5.02 Å². The van der Waals surface area contributed by atoms with E-state index in [0.717, 1.165) is 11.8 Å². The highest BCUT2D eigenvalue weighted by molar-refractivity contribution is 9.09. The molecule has 0 radical (unpaired) electrons. The second-order valence-electron chi connectivity index (χ2n) is 4.09. The minimum Gasteiger partial charge on any atom is -0.255 e. The molecular formula is C9H13BrClN3O2S. The average Bonchev–Trinajstić information content (AvgIpc) is 2.85. The lowest BCUT2D eigenvalue weighted by molar-refractivity contribution is 0.457. The summed E-state index contributed by atoms with van der Waals surface area (Å²) in [5, 5.41) is 4.93. The fraction of sp³-hybridized carbons (Fsp3) is 0.667. The molecule has 0 N–H and O–H groups in total. The van der Waals surface area contributed by atoms with E-state index in [0.29, 0.717) is 19.0 Å². The summed E-state index contributed by atoms with van der Waals surface area (Å²) in [6, 6.07) is 0. The second kappa shape index (κ2) is 4.87. The van der Waals surface area contributed by atoms with Crippen LogP contribution in [-0.2, 0) is 17.1 Å². The molecule has 0 aliphatic carbocycles. The number of hydrogen-bond acceptors (Lipinski definition) is 3. The molecule has 5 nitrogen and oxygen atoms in total. The summed E-state index contributed by atoms with van der Waals surface area (Å²) >= 11 is 9.26. The van der Waals surface area contributed by atoms with E-state index in [-0.39, 0.29) is 10.0 Å². The normalized spacial score (nSPS) is 22.2. The van der Waals surface area contributed by atoms with Crippen LogP contribution in [0.25, 0.3) is 0 Å². The first-order chi connectivity index (χ1) is 7.96. The van der Waals surface area contributed by atoms with E-state index < -0.39 is 10.0 Å². The number of aromatic nitrogens is 2. The van der Waals surface area contributed by atoms with Crippen molar-refractivity contribution in [3.63, 3.8) is 0 Å². The summed E-state index contributed by atoms with van der Waals surface area (Å²) in [4.78, 5) is 0. The third-order valence-electron chi connectivity index (χ3n) is 2.89. The predicted octanol–water partition coefficient (Wildman–Crippen LogP) is 1.48. The number of halogens is 2. The van der Waals surface area contributed by atoms with E-state index in [1.165, 1.54) is 15.2 Å². The molecule has 8 heteroatoms. The van der Waals surface area contributed by atoms with Crippen LogP contribution in [0.15, 0.2) is 11.2 Å². The first kappa shape index (κ1) is 13.3. The van der Waals surface area contributed by atoms with Crippen molar-refractivity contribution in [1.29, 1.82) is 0 Å². The van der Waals surface area contributed by atoms with Crippen LogP contribution in [0.3, 0.4) is 0 Å². The van der Waals surface area contributed by atoms with Crippen molar-refractivity contribution in [2.75, 3.05) is 18.4 Å². The van der Waals surface area contributed by atoms with E-state index in [4.69, 9.17) is 11.6 Å². The average molecular weight is 343 g/mol. The molecule has 1 aromatic heterocycles. The van der Waals surface area contributed by atoms with Gasteiger partial charge in [0.25, 0.3) is 10.0 Å². The van der Waals surface area contributed by atoms with Gasteiger partial charge < -0.3 is 0 Å². The van der Waals surface area contributed by atoms with Gasteiger partial charge in [-0.05, 0) is 12.3 Å². The molecule has 96 valence electrons. The van der Waals surface area contributed by atoms with E-state index >= 15 is 0 Å². The van der Waals surface area contributed by atoms with E-state index in [1.54, 1.807) is 7.05 Å². The lowest BCUT2D eigenvalue weighted by Gasteiger charge is -2.16. The Morgan fingerprint density at radius 2 is 2.35 bits per heavy atom. The van der Waals surface area contributed by atoms with Crippen molar-refractivity contribution < 1.29 is 8.42 Å². The zero-order valence-corrected chi connectivity index (χ0v) is 12.5. The third kappa shape index (κ3) is 2.38. The number of nitrogens with zero attached hydrogens (tertiary/aromatic N) is 3. The van der Waals surface area contributed by atoms with Crippen molar-refractivity contribution >= 4 is 37.6 Å². The lowest BCUT2D eigenvalue weighted by atomic mass is 10.2. The number of hydrogen-bond donors (Lipinski definition) is 0. The molecular weight excluding hydrogens is 330 g/mol. The van der Waals surface area contributed by atoms with Crippen LogP contribution < -0.4 is 0 Å². The van der Waals surface area contributed by atoms with Gasteiger partial charge in [0.15, 0.2) is 5.03 Å². The summed E-state index contributed by atoms with van der Waals surface area (Å²) in [5.41, 5.74) is 0. The molecule has 1 fully saturated rings. The Hall–Kier alpha value is -0.110. The molecule has 1 aliphatic heterocycles. The summed E-state index contributed by atoms with van der Waals surface area (Å²) in [5.74, 6) is 0.372. The maximum atomic E-state index is 12.4. The second-order valence-corrected chi connectivity index (χ2v) is 7.00. The van der Waals surface area contributed by atoms with Crippen LogP contribution in [-0.4, -0.2) is 40.9 Å². The Morgan fingerprint density at radius 3 is 2.82 bits per heavy atom. The zero-order valence-electron chi connectivity index (χ0n) is 9.31. The van der Waals surface area contributed by atoms with Crippen LogP contribution >= 0.6 is 27.5 Å². The minimum atomic E-state index is -3.52. The predicted molar refractivity (Wildman–Crippen MR) is 68.9 cm³/mol. The van der Waals surface area contributed by atoms with Crippen molar-refractivity contribution in [2.24, 2.45) is 13.0 Å². The zero-order chi connectivity index (χ0) is 12.6. The van der Waals surface area contributed by atoms with Gasteiger partial charge in [-0.15, -0.1) is 0 Å². The maximum absolute atomic E-state index is 12.4. The molecule has 1 atom stereocenters. The number of sulfonamides is 1. The molecule has 0 aromatic carbocycles. The highest BCUT2D eigenvalue weighted by atomic mass is 79.9. The van der Waals surface area contributed by atoms with Gasteiger partial charge in [0, 0.05) is 25.5 Å². The van der Waals surface area contributed by atoms with Crippen LogP contribution in [0.5, 0.6) is 0 Å². The number of aryl methyl sites for hydroxylation is 1. The Kier molecular flexibility index (Phi) is 3.82. The highest BCUT2D eigenvalue weighted by Gasteiger charge is 2.35. The van der Waals surface area contributed by atoms with Gasteiger partial charge in [-0.3, -0.25) is 4.68 Å². The van der Waals surface area contributed by atoms with Gasteiger partial charge in [-0.1, -0.05) is 27.5 Å². The Labute approximate surface area is 114 Å². The monoisotopic (exact) mass is 341 g/mol. The first-order valence-corrected chi connectivity index (χ1v) is 8.14. The fourth-order valence-corrected chi connectivity index (χ4v) is 4.62. The van der Waals surface area contributed by atoms with E-state index in [2.05, 4.69) is 21.0 Å². The standard InChI is InChI=1S/C9H13BrClN3O2S/c1-13-9(8(11)5-12-13)17(15,16)14-3-2-7(4-10)6-14/h5,7H,2-4,6H2,1H3. The van der Waals surface area contributed by atoms with Gasteiger partial charge in [-0.25, -0.2) is 8.42 Å². The van der Waals surface area contributed by atoms with Crippen molar-refractivity contribution in [3.8, 4) is 0 Å². The molecule has 1 aliphatic rings. The van der Waals surface area contributed by atoms with Gasteiger partial charge in [0.2, 0.25) is 0 Å². The third-order valence-corrected chi connectivity index (χ3v) is 6.18. The minimum absolute atomic E-state index is 0.0781. The molecule has 0 spiro atoms. The molecule has 0 bridgehead atoms. The molecule has 0 amide bonds. The topological polar surface area (TPSA) is 55.2 Å². The Morgan fingerprint density at radius 1 is 1.65 bits per heavy atom.